The first kappa shape index (κ1) is 14.8. The van der Waals surface area contributed by atoms with Gasteiger partial charge in [0, 0.05) is 6.54 Å². The summed E-state index contributed by atoms with van der Waals surface area (Å²) in [5.74, 6) is 1.58. The van der Waals surface area contributed by atoms with Gasteiger partial charge in [0.2, 0.25) is 0 Å². The molecule has 0 spiro atoms. The van der Waals surface area contributed by atoms with Gasteiger partial charge < -0.3 is 5.32 Å². The third kappa shape index (κ3) is 3.46. The van der Waals surface area contributed by atoms with Crippen molar-refractivity contribution in [3.8, 4) is 10.7 Å². The minimum absolute atomic E-state index is 0.736. The molecule has 0 aromatic carbocycles. The van der Waals surface area contributed by atoms with E-state index in [2.05, 4.69) is 45.1 Å². The second-order valence-corrected chi connectivity index (χ2v) is 6.55. The highest BCUT2D eigenvalue weighted by Crippen LogP contribution is 2.32. The molecule has 19 heavy (non-hydrogen) atoms. The molecular weight excluding hydrogens is 346 g/mol. The predicted molar refractivity (Wildman–Crippen MR) is 86.2 cm³/mol. The fraction of sp³-hybridized carbons (Fsp3) is 0.385. The van der Waals surface area contributed by atoms with Crippen LogP contribution in [0.1, 0.15) is 26.0 Å². The van der Waals surface area contributed by atoms with Gasteiger partial charge in [-0.2, -0.15) is 0 Å². The molecule has 1 N–H and O–H groups in total. The van der Waals surface area contributed by atoms with Crippen LogP contribution in [0.25, 0.3) is 10.7 Å². The molecule has 0 amide bonds. The molecule has 0 bridgehead atoms. The average molecular weight is 361 g/mol. The van der Waals surface area contributed by atoms with Crippen molar-refractivity contribution < 1.29 is 0 Å². The Morgan fingerprint density at radius 1 is 1.32 bits per heavy atom. The van der Waals surface area contributed by atoms with Crippen LogP contribution in [-0.2, 0) is 6.42 Å². The standard InChI is InChI=1S/C13H15BrClN3S/c1-3-5-8-11(14)13(16-4-2)18-12(17-8)9-6-7-10(15)19-9/h6-7H,3-5H2,1-2H3,(H,16,17,18). The zero-order chi connectivity index (χ0) is 13.8. The maximum absolute atomic E-state index is 5.98. The minimum atomic E-state index is 0.736. The fourth-order valence-electron chi connectivity index (χ4n) is 1.73. The maximum atomic E-state index is 5.98. The van der Waals surface area contributed by atoms with Gasteiger partial charge in [-0.3, -0.25) is 0 Å². The van der Waals surface area contributed by atoms with E-state index in [1.165, 1.54) is 11.3 Å². The molecular formula is C13H15BrClN3S. The van der Waals surface area contributed by atoms with Gasteiger partial charge in [0.15, 0.2) is 5.82 Å². The molecule has 2 aromatic heterocycles. The van der Waals surface area contributed by atoms with Crippen LogP contribution in [0, 0.1) is 0 Å². The van der Waals surface area contributed by atoms with Crippen LogP contribution in [0.15, 0.2) is 16.6 Å². The second kappa shape index (κ2) is 6.68. The predicted octanol–water partition coefficient (Wildman–Crippen LogP) is 5.01. The molecule has 0 saturated heterocycles. The Morgan fingerprint density at radius 2 is 2.11 bits per heavy atom. The van der Waals surface area contributed by atoms with Gasteiger partial charge >= 0.3 is 0 Å². The summed E-state index contributed by atoms with van der Waals surface area (Å²) >= 11 is 11.1. The molecule has 0 aliphatic heterocycles. The quantitative estimate of drug-likeness (QED) is 0.815. The first-order valence-corrected chi connectivity index (χ1v) is 8.20. The van der Waals surface area contributed by atoms with E-state index in [0.717, 1.165) is 50.4 Å². The highest BCUT2D eigenvalue weighted by atomic mass is 79.9. The molecule has 0 aliphatic rings. The molecule has 3 nitrogen and oxygen atoms in total. The summed E-state index contributed by atoms with van der Waals surface area (Å²) in [5, 5.41) is 3.27. The molecule has 6 heteroatoms. The van der Waals surface area contributed by atoms with E-state index in [-0.39, 0.29) is 0 Å². The Balaban J connectivity index is 2.48. The summed E-state index contributed by atoms with van der Waals surface area (Å²) < 4.78 is 1.71. The smallest absolute Gasteiger partial charge is 0.171 e. The van der Waals surface area contributed by atoms with Crippen molar-refractivity contribution >= 4 is 44.7 Å². The van der Waals surface area contributed by atoms with E-state index in [0.29, 0.717) is 0 Å². The van der Waals surface area contributed by atoms with E-state index in [1.807, 2.05) is 12.1 Å². The first-order valence-electron chi connectivity index (χ1n) is 6.21. The summed E-state index contributed by atoms with van der Waals surface area (Å²) in [4.78, 5) is 10.2. The minimum Gasteiger partial charge on any atom is -0.369 e. The molecule has 2 aromatic rings. The van der Waals surface area contributed by atoms with Gasteiger partial charge in [-0.05, 0) is 41.4 Å². The van der Waals surface area contributed by atoms with Crippen LogP contribution in [0.5, 0.6) is 0 Å². The van der Waals surface area contributed by atoms with Crippen LogP contribution in [0.3, 0.4) is 0 Å². The first-order chi connectivity index (χ1) is 9.15. The summed E-state index contributed by atoms with van der Waals surface area (Å²) in [6.45, 7) is 5.02. The number of aromatic nitrogens is 2. The Kier molecular flexibility index (Phi) is 5.19. The third-order valence-corrected chi connectivity index (χ3v) is 4.60. The number of nitrogens with zero attached hydrogens (tertiary/aromatic N) is 2. The summed E-state index contributed by atoms with van der Waals surface area (Å²) in [7, 11) is 0. The van der Waals surface area contributed by atoms with Gasteiger partial charge in [0.1, 0.15) is 5.82 Å². The van der Waals surface area contributed by atoms with Gasteiger partial charge in [-0.15, -0.1) is 11.3 Å². The summed E-state index contributed by atoms with van der Waals surface area (Å²) in [6, 6.07) is 3.83. The largest absolute Gasteiger partial charge is 0.369 e. The van der Waals surface area contributed by atoms with Gasteiger partial charge in [0.05, 0.1) is 19.4 Å². The number of hydrogen-bond acceptors (Lipinski definition) is 4. The lowest BCUT2D eigenvalue weighted by molar-refractivity contribution is 0.868. The van der Waals surface area contributed by atoms with Crippen LogP contribution in [-0.4, -0.2) is 16.5 Å². The Bertz CT molecular complexity index is 544. The molecule has 0 unspecified atom stereocenters. The second-order valence-electron chi connectivity index (χ2n) is 4.04. The Labute approximate surface area is 130 Å². The highest BCUT2D eigenvalue weighted by Gasteiger charge is 2.13. The van der Waals surface area contributed by atoms with Crippen molar-refractivity contribution in [1.82, 2.24) is 9.97 Å². The molecule has 2 rings (SSSR count). The maximum Gasteiger partial charge on any atom is 0.171 e. The molecule has 102 valence electrons. The van der Waals surface area contributed by atoms with Crippen molar-refractivity contribution in [2.45, 2.75) is 26.7 Å². The number of anilines is 1. The van der Waals surface area contributed by atoms with E-state index in [1.54, 1.807) is 0 Å². The monoisotopic (exact) mass is 359 g/mol. The molecule has 0 aliphatic carbocycles. The average Bonchev–Trinajstić information content (AvgIpc) is 2.81. The normalized spacial score (nSPS) is 10.7. The third-order valence-electron chi connectivity index (χ3n) is 2.54. The van der Waals surface area contributed by atoms with Crippen molar-refractivity contribution in [1.29, 1.82) is 0 Å². The highest BCUT2D eigenvalue weighted by molar-refractivity contribution is 9.10. The summed E-state index contributed by atoms with van der Waals surface area (Å²) in [5.41, 5.74) is 1.04. The van der Waals surface area contributed by atoms with Crippen molar-refractivity contribution in [2.24, 2.45) is 0 Å². The number of aryl methyl sites for hydroxylation is 1. The van der Waals surface area contributed by atoms with Gasteiger partial charge in [-0.25, -0.2) is 9.97 Å². The van der Waals surface area contributed by atoms with Crippen LogP contribution in [0.2, 0.25) is 4.34 Å². The molecule has 0 saturated carbocycles. The van der Waals surface area contributed by atoms with Crippen LogP contribution < -0.4 is 5.32 Å². The molecule has 0 fully saturated rings. The Hall–Kier alpha value is -0.650. The fourth-order valence-corrected chi connectivity index (χ4v) is 3.22. The van der Waals surface area contributed by atoms with Gasteiger partial charge in [-0.1, -0.05) is 24.9 Å². The molecule has 0 radical (unpaired) electrons. The number of nitrogens with one attached hydrogen (secondary N) is 1. The van der Waals surface area contributed by atoms with E-state index < -0.39 is 0 Å². The number of rotatable bonds is 5. The molecule has 0 atom stereocenters. The lowest BCUT2D eigenvalue weighted by Crippen LogP contribution is -2.05. The SMILES string of the molecule is CCCc1nc(-c2ccc(Cl)s2)nc(NCC)c1Br. The van der Waals surface area contributed by atoms with E-state index in [9.17, 15) is 0 Å². The topological polar surface area (TPSA) is 37.8 Å². The van der Waals surface area contributed by atoms with Crippen LogP contribution in [0.4, 0.5) is 5.82 Å². The van der Waals surface area contributed by atoms with Crippen LogP contribution >= 0.6 is 38.9 Å². The van der Waals surface area contributed by atoms with Crippen molar-refractivity contribution in [3.05, 3.63) is 26.6 Å². The molecule has 2 heterocycles. The summed E-state index contributed by atoms with van der Waals surface area (Å²) in [6.07, 6.45) is 1.97. The Morgan fingerprint density at radius 3 is 2.68 bits per heavy atom. The number of halogens is 2. The van der Waals surface area contributed by atoms with E-state index >= 15 is 0 Å². The number of thiophene rings is 1. The zero-order valence-electron chi connectivity index (χ0n) is 10.8. The lowest BCUT2D eigenvalue weighted by atomic mass is 10.2. The zero-order valence-corrected chi connectivity index (χ0v) is 14.0. The van der Waals surface area contributed by atoms with E-state index in [4.69, 9.17) is 11.6 Å². The van der Waals surface area contributed by atoms with Gasteiger partial charge in [0.25, 0.3) is 0 Å². The number of hydrogen-bond donors (Lipinski definition) is 1. The van der Waals surface area contributed by atoms with Crippen molar-refractivity contribution in [3.63, 3.8) is 0 Å². The lowest BCUT2D eigenvalue weighted by Gasteiger charge is -2.11. The van der Waals surface area contributed by atoms with Crippen molar-refractivity contribution in [2.75, 3.05) is 11.9 Å².